The molecular formula is C14H18NO4P. The summed E-state index contributed by atoms with van der Waals surface area (Å²) < 4.78 is 23.3. The molecule has 1 aliphatic heterocycles. The normalized spacial score (nSPS) is 21.9. The lowest BCUT2D eigenvalue weighted by Gasteiger charge is -2.32. The molecule has 2 rings (SSSR count). The average Bonchev–Trinajstić information content (AvgIpc) is 2.70. The first kappa shape index (κ1) is 15.0. The number of anilines is 1. The van der Waals surface area contributed by atoms with E-state index >= 15 is 0 Å². The standard InChI is InChI=1S/C14H18NO4P/c1-5-10-14(20(17,18-3)19-4)11-8-6-7-9-12(11)15(2)13(14)16/h5-9H,1,10H2,2-4H3. The highest BCUT2D eigenvalue weighted by Crippen LogP contribution is 2.69. The first-order valence-electron chi connectivity index (χ1n) is 6.18. The Kier molecular flexibility index (Phi) is 3.87. The van der Waals surface area contributed by atoms with Gasteiger partial charge in [-0.25, -0.2) is 0 Å². The molecule has 0 saturated heterocycles. The largest absolute Gasteiger partial charge is 0.350 e. The molecule has 0 aliphatic carbocycles. The Labute approximate surface area is 118 Å². The molecule has 0 N–H and O–H groups in total. The van der Waals surface area contributed by atoms with Gasteiger partial charge in [-0.1, -0.05) is 24.3 Å². The number of hydrogen-bond acceptors (Lipinski definition) is 4. The summed E-state index contributed by atoms with van der Waals surface area (Å²) in [5.41, 5.74) is 1.37. The van der Waals surface area contributed by atoms with Gasteiger partial charge in [-0.3, -0.25) is 9.36 Å². The summed E-state index contributed by atoms with van der Waals surface area (Å²) in [6.07, 6.45) is 1.75. The second-order valence-corrected chi connectivity index (χ2v) is 7.09. The summed E-state index contributed by atoms with van der Waals surface area (Å²) in [5, 5.41) is -1.36. The molecule has 1 unspecified atom stereocenters. The van der Waals surface area contributed by atoms with Crippen LogP contribution in [0.1, 0.15) is 12.0 Å². The van der Waals surface area contributed by atoms with Crippen molar-refractivity contribution in [3.05, 3.63) is 42.5 Å². The van der Waals surface area contributed by atoms with Crippen LogP contribution in [0.4, 0.5) is 5.69 Å². The van der Waals surface area contributed by atoms with Gasteiger partial charge in [-0.05, 0) is 12.5 Å². The second kappa shape index (κ2) is 5.17. The van der Waals surface area contributed by atoms with Gasteiger partial charge in [-0.2, -0.15) is 0 Å². The summed E-state index contributed by atoms with van der Waals surface area (Å²) >= 11 is 0. The fourth-order valence-corrected chi connectivity index (χ4v) is 4.78. The van der Waals surface area contributed by atoms with Crippen LogP contribution in [0.2, 0.25) is 0 Å². The Morgan fingerprint density at radius 3 is 2.50 bits per heavy atom. The maximum Gasteiger partial charge on any atom is 0.350 e. The van der Waals surface area contributed by atoms with Crippen LogP contribution >= 0.6 is 7.60 Å². The van der Waals surface area contributed by atoms with Crippen molar-refractivity contribution in [2.45, 2.75) is 11.6 Å². The van der Waals surface area contributed by atoms with Crippen molar-refractivity contribution < 1.29 is 18.4 Å². The van der Waals surface area contributed by atoms with Crippen molar-refractivity contribution in [2.24, 2.45) is 0 Å². The number of para-hydroxylation sites is 1. The molecule has 6 heteroatoms. The SMILES string of the molecule is C=CCC1(P(=O)(OC)OC)C(=O)N(C)c2ccccc21. The van der Waals surface area contributed by atoms with Crippen LogP contribution in [0, 0.1) is 0 Å². The van der Waals surface area contributed by atoms with E-state index < -0.39 is 12.8 Å². The molecule has 0 spiro atoms. The summed E-state index contributed by atoms with van der Waals surface area (Å²) in [4.78, 5) is 14.3. The van der Waals surface area contributed by atoms with E-state index in [-0.39, 0.29) is 12.3 Å². The zero-order valence-electron chi connectivity index (χ0n) is 11.8. The van der Waals surface area contributed by atoms with Gasteiger partial charge in [0.05, 0.1) is 0 Å². The molecule has 108 valence electrons. The van der Waals surface area contributed by atoms with E-state index in [1.807, 2.05) is 12.1 Å². The molecule has 1 aromatic rings. The van der Waals surface area contributed by atoms with E-state index in [1.165, 1.54) is 19.1 Å². The van der Waals surface area contributed by atoms with E-state index in [9.17, 15) is 9.36 Å². The molecule has 0 aromatic heterocycles. The number of rotatable bonds is 5. The molecule has 1 atom stereocenters. The van der Waals surface area contributed by atoms with Crippen molar-refractivity contribution in [2.75, 3.05) is 26.2 Å². The first-order valence-corrected chi connectivity index (χ1v) is 7.73. The van der Waals surface area contributed by atoms with Gasteiger partial charge >= 0.3 is 7.60 Å². The molecule has 20 heavy (non-hydrogen) atoms. The maximum atomic E-state index is 13.0. The molecule has 1 amide bonds. The first-order chi connectivity index (χ1) is 9.48. The predicted molar refractivity (Wildman–Crippen MR) is 78.0 cm³/mol. The van der Waals surface area contributed by atoms with Gasteiger partial charge in [0.2, 0.25) is 5.91 Å². The number of carbonyl (C=O) groups excluding carboxylic acids is 1. The number of hydrogen-bond donors (Lipinski definition) is 0. The van der Waals surface area contributed by atoms with Crippen LogP contribution < -0.4 is 4.90 Å². The number of carbonyl (C=O) groups is 1. The minimum absolute atomic E-state index is 0.187. The zero-order chi connectivity index (χ0) is 15.0. The molecule has 0 fully saturated rings. The van der Waals surface area contributed by atoms with Gasteiger partial charge in [0.25, 0.3) is 0 Å². The molecule has 0 radical (unpaired) electrons. The van der Waals surface area contributed by atoms with Crippen LogP contribution in [0.5, 0.6) is 0 Å². The van der Waals surface area contributed by atoms with E-state index in [1.54, 1.807) is 25.3 Å². The molecular weight excluding hydrogens is 277 g/mol. The number of allylic oxidation sites excluding steroid dienone is 1. The van der Waals surface area contributed by atoms with Crippen molar-refractivity contribution in [3.63, 3.8) is 0 Å². The highest BCUT2D eigenvalue weighted by atomic mass is 31.2. The van der Waals surface area contributed by atoms with Crippen LogP contribution in [0.15, 0.2) is 36.9 Å². The third-order valence-electron chi connectivity index (χ3n) is 3.76. The third-order valence-corrected chi connectivity index (χ3v) is 6.27. The zero-order valence-corrected chi connectivity index (χ0v) is 12.7. The number of likely N-dealkylation sites (N-methyl/N-ethyl adjacent to an activating group) is 1. The molecule has 1 aliphatic rings. The Balaban J connectivity index is 2.80. The average molecular weight is 295 g/mol. The number of fused-ring (bicyclic) bond motifs is 1. The molecule has 1 heterocycles. The van der Waals surface area contributed by atoms with Gasteiger partial charge in [0.15, 0.2) is 5.16 Å². The lowest BCUT2D eigenvalue weighted by Crippen LogP contribution is -2.39. The van der Waals surface area contributed by atoms with Crippen LogP contribution in [0.3, 0.4) is 0 Å². The molecule has 5 nitrogen and oxygen atoms in total. The van der Waals surface area contributed by atoms with Crippen molar-refractivity contribution in [1.82, 2.24) is 0 Å². The third kappa shape index (κ3) is 1.71. The van der Waals surface area contributed by atoms with Crippen LogP contribution in [-0.4, -0.2) is 27.2 Å². The smallest absolute Gasteiger partial charge is 0.314 e. The Bertz CT molecular complexity index is 593. The van der Waals surface area contributed by atoms with E-state index in [0.29, 0.717) is 11.3 Å². The molecule has 0 saturated carbocycles. The minimum atomic E-state index is -3.66. The fourth-order valence-electron chi connectivity index (χ4n) is 2.79. The summed E-state index contributed by atoms with van der Waals surface area (Å²) in [5.74, 6) is -0.300. The number of benzene rings is 1. The van der Waals surface area contributed by atoms with Crippen LogP contribution in [-0.2, 0) is 23.6 Å². The van der Waals surface area contributed by atoms with Gasteiger partial charge in [0.1, 0.15) is 0 Å². The predicted octanol–water partition coefficient (Wildman–Crippen LogP) is 2.92. The monoisotopic (exact) mass is 295 g/mol. The summed E-state index contributed by atoms with van der Waals surface area (Å²) in [6, 6.07) is 7.23. The second-order valence-electron chi connectivity index (χ2n) is 4.60. The summed E-state index contributed by atoms with van der Waals surface area (Å²) in [7, 11) is 0.580. The van der Waals surface area contributed by atoms with E-state index in [2.05, 4.69) is 6.58 Å². The summed E-state index contributed by atoms with van der Waals surface area (Å²) in [6.45, 7) is 3.68. The Hall–Kier alpha value is -1.42. The fraction of sp³-hybridized carbons (Fsp3) is 0.357. The quantitative estimate of drug-likeness (QED) is 0.619. The Morgan fingerprint density at radius 1 is 1.35 bits per heavy atom. The van der Waals surface area contributed by atoms with Crippen LogP contribution in [0.25, 0.3) is 0 Å². The highest BCUT2D eigenvalue weighted by molar-refractivity contribution is 7.56. The topological polar surface area (TPSA) is 55.8 Å². The minimum Gasteiger partial charge on any atom is -0.314 e. The van der Waals surface area contributed by atoms with Gasteiger partial charge in [-0.15, -0.1) is 6.58 Å². The molecule has 1 aromatic carbocycles. The lowest BCUT2D eigenvalue weighted by atomic mass is 9.96. The van der Waals surface area contributed by atoms with Crippen molar-refractivity contribution >= 4 is 19.2 Å². The maximum absolute atomic E-state index is 13.0. The lowest BCUT2D eigenvalue weighted by molar-refractivity contribution is -0.120. The molecule has 0 bridgehead atoms. The Morgan fingerprint density at radius 2 is 1.95 bits per heavy atom. The van der Waals surface area contributed by atoms with Crippen molar-refractivity contribution in [1.29, 1.82) is 0 Å². The van der Waals surface area contributed by atoms with E-state index in [4.69, 9.17) is 9.05 Å². The number of amides is 1. The highest BCUT2D eigenvalue weighted by Gasteiger charge is 2.62. The number of nitrogens with zero attached hydrogens (tertiary/aromatic N) is 1. The van der Waals surface area contributed by atoms with Gasteiger partial charge < -0.3 is 13.9 Å². The van der Waals surface area contributed by atoms with E-state index in [0.717, 1.165) is 0 Å². The van der Waals surface area contributed by atoms with Gasteiger partial charge in [0, 0.05) is 32.5 Å². The van der Waals surface area contributed by atoms with Crippen molar-refractivity contribution in [3.8, 4) is 0 Å².